The molecule has 0 saturated carbocycles. The minimum atomic E-state index is -0.0250. The maximum atomic E-state index is 5.78. The fourth-order valence-corrected chi connectivity index (χ4v) is 3.67. The van der Waals surface area contributed by atoms with Gasteiger partial charge in [0.15, 0.2) is 0 Å². The van der Waals surface area contributed by atoms with Gasteiger partial charge in [-0.3, -0.25) is 0 Å². The molecule has 0 saturated heterocycles. The lowest BCUT2D eigenvalue weighted by atomic mass is 9.90. The van der Waals surface area contributed by atoms with E-state index in [1.54, 1.807) is 6.20 Å². The molecule has 1 N–H and O–H groups in total. The number of rotatable bonds is 6. The summed E-state index contributed by atoms with van der Waals surface area (Å²) < 4.78 is 5.78. The first-order valence-electron chi connectivity index (χ1n) is 10.1. The summed E-state index contributed by atoms with van der Waals surface area (Å²) in [6.07, 6.45) is 2.53. The number of benzene rings is 2. The summed E-state index contributed by atoms with van der Waals surface area (Å²) in [5.74, 6) is 1.86. The quantitative estimate of drug-likeness (QED) is 0.466. The van der Waals surface area contributed by atoms with Crippen LogP contribution in [-0.2, 0) is 6.42 Å². The first kappa shape index (κ1) is 19.8. The van der Waals surface area contributed by atoms with Gasteiger partial charge in [-0.1, -0.05) is 53.2 Å². The van der Waals surface area contributed by atoms with Crippen LogP contribution >= 0.6 is 0 Å². The Morgan fingerprint density at radius 1 is 0.967 bits per heavy atom. The molecular weight excluding hydrogens is 372 g/mol. The second-order valence-electron chi connectivity index (χ2n) is 7.70. The van der Waals surface area contributed by atoms with E-state index in [0.29, 0.717) is 11.7 Å². The summed E-state index contributed by atoms with van der Waals surface area (Å²) in [5, 5.41) is 7.36. The van der Waals surface area contributed by atoms with Crippen LogP contribution in [0.1, 0.15) is 39.6 Å². The number of nitrogens with one attached hydrogen (secondary N) is 1. The standard InChI is InChI=1S/C25H26N4O/c1-16-7-5-8-20(13-16)22(15-19-11-10-17(2)18(3)14-19)25-28-24(29-30-25)21-9-6-12-27-23(21)26-4/h5-14,22H,15H2,1-4H3,(H,26,27). The van der Waals surface area contributed by atoms with Crippen LogP contribution in [0, 0.1) is 20.8 Å². The molecule has 0 radical (unpaired) electrons. The number of aromatic nitrogens is 3. The monoisotopic (exact) mass is 398 g/mol. The molecule has 0 amide bonds. The van der Waals surface area contributed by atoms with Crippen LogP contribution in [0.25, 0.3) is 11.4 Å². The molecule has 4 rings (SSSR count). The van der Waals surface area contributed by atoms with Crippen LogP contribution < -0.4 is 5.32 Å². The molecule has 30 heavy (non-hydrogen) atoms. The van der Waals surface area contributed by atoms with Gasteiger partial charge >= 0.3 is 0 Å². The van der Waals surface area contributed by atoms with Gasteiger partial charge in [0.1, 0.15) is 5.82 Å². The van der Waals surface area contributed by atoms with Crippen molar-refractivity contribution in [1.82, 2.24) is 15.1 Å². The van der Waals surface area contributed by atoms with E-state index in [2.05, 4.69) is 78.7 Å². The first-order chi connectivity index (χ1) is 14.5. The Morgan fingerprint density at radius 3 is 2.60 bits per heavy atom. The lowest BCUT2D eigenvalue weighted by molar-refractivity contribution is 0.365. The molecule has 0 aliphatic carbocycles. The van der Waals surface area contributed by atoms with Crippen LogP contribution in [0.15, 0.2) is 65.3 Å². The van der Waals surface area contributed by atoms with Crippen molar-refractivity contribution in [3.8, 4) is 11.4 Å². The highest BCUT2D eigenvalue weighted by Crippen LogP contribution is 2.31. The molecule has 4 aromatic rings. The van der Waals surface area contributed by atoms with Gasteiger partial charge in [-0.15, -0.1) is 0 Å². The minimum absolute atomic E-state index is 0.0250. The Hall–Kier alpha value is -3.47. The van der Waals surface area contributed by atoms with Crippen molar-refractivity contribution in [2.75, 3.05) is 12.4 Å². The number of hydrogen-bond donors (Lipinski definition) is 1. The first-order valence-corrected chi connectivity index (χ1v) is 10.1. The summed E-state index contributed by atoms with van der Waals surface area (Å²) in [4.78, 5) is 9.12. The number of anilines is 1. The fraction of sp³-hybridized carbons (Fsp3) is 0.240. The summed E-state index contributed by atoms with van der Waals surface area (Å²) >= 11 is 0. The zero-order valence-corrected chi connectivity index (χ0v) is 17.8. The Bertz CT molecular complexity index is 1170. The van der Waals surface area contributed by atoms with E-state index in [9.17, 15) is 0 Å². The van der Waals surface area contributed by atoms with Crippen LogP contribution in [-0.4, -0.2) is 22.2 Å². The smallest absolute Gasteiger partial charge is 0.234 e. The third kappa shape index (κ3) is 4.10. The van der Waals surface area contributed by atoms with Gasteiger partial charge in [0, 0.05) is 13.2 Å². The van der Waals surface area contributed by atoms with Gasteiger partial charge in [0.05, 0.1) is 11.5 Å². The predicted octanol–water partition coefficient (Wildman–Crippen LogP) is 5.47. The Morgan fingerprint density at radius 2 is 1.83 bits per heavy atom. The highest BCUT2D eigenvalue weighted by atomic mass is 16.5. The van der Waals surface area contributed by atoms with E-state index in [-0.39, 0.29) is 5.92 Å². The van der Waals surface area contributed by atoms with Crippen molar-refractivity contribution in [3.63, 3.8) is 0 Å². The molecule has 1 atom stereocenters. The molecule has 2 aromatic heterocycles. The van der Waals surface area contributed by atoms with E-state index in [0.717, 1.165) is 17.8 Å². The molecule has 0 fully saturated rings. The molecular formula is C25H26N4O. The number of aryl methyl sites for hydroxylation is 3. The van der Waals surface area contributed by atoms with Crippen molar-refractivity contribution < 1.29 is 4.52 Å². The van der Waals surface area contributed by atoms with Gasteiger partial charge in [0.25, 0.3) is 0 Å². The zero-order chi connectivity index (χ0) is 21.1. The van der Waals surface area contributed by atoms with Gasteiger partial charge in [0.2, 0.25) is 11.7 Å². The molecule has 5 heteroatoms. The van der Waals surface area contributed by atoms with Crippen molar-refractivity contribution in [3.05, 3.63) is 94.5 Å². The largest absolute Gasteiger partial charge is 0.373 e. The van der Waals surface area contributed by atoms with Crippen LogP contribution in [0.5, 0.6) is 0 Å². The fourth-order valence-electron chi connectivity index (χ4n) is 3.67. The summed E-state index contributed by atoms with van der Waals surface area (Å²) in [6.45, 7) is 6.38. The molecule has 0 aliphatic rings. The van der Waals surface area contributed by atoms with Crippen LogP contribution in [0.3, 0.4) is 0 Å². The Kier molecular flexibility index (Phi) is 5.61. The van der Waals surface area contributed by atoms with Crippen molar-refractivity contribution in [2.24, 2.45) is 0 Å². The van der Waals surface area contributed by atoms with E-state index < -0.39 is 0 Å². The van der Waals surface area contributed by atoms with Gasteiger partial charge in [-0.2, -0.15) is 4.98 Å². The van der Waals surface area contributed by atoms with E-state index in [1.165, 1.54) is 27.8 Å². The molecule has 0 aliphatic heterocycles. The van der Waals surface area contributed by atoms with Gasteiger partial charge in [-0.25, -0.2) is 4.98 Å². The maximum Gasteiger partial charge on any atom is 0.234 e. The summed E-state index contributed by atoms with van der Waals surface area (Å²) in [7, 11) is 1.84. The number of nitrogens with zero attached hydrogens (tertiary/aromatic N) is 3. The van der Waals surface area contributed by atoms with E-state index in [1.807, 2.05) is 19.2 Å². The Balaban J connectivity index is 1.74. The average Bonchev–Trinajstić information content (AvgIpc) is 3.24. The molecule has 0 bridgehead atoms. The number of pyridine rings is 1. The van der Waals surface area contributed by atoms with Crippen molar-refractivity contribution in [1.29, 1.82) is 0 Å². The maximum absolute atomic E-state index is 5.78. The highest BCUT2D eigenvalue weighted by molar-refractivity contribution is 5.69. The van der Waals surface area contributed by atoms with Crippen molar-refractivity contribution >= 4 is 5.82 Å². The average molecular weight is 399 g/mol. The summed E-state index contributed by atoms with van der Waals surface area (Å²) in [5.41, 5.74) is 7.04. The van der Waals surface area contributed by atoms with Crippen molar-refractivity contribution in [2.45, 2.75) is 33.1 Å². The van der Waals surface area contributed by atoms with E-state index >= 15 is 0 Å². The lowest BCUT2D eigenvalue weighted by Gasteiger charge is -2.15. The molecule has 0 spiro atoms. The number of hydrogen-bond acceptors (Lipinski definition) is 5. The SMILES string of the molecule is CNc1ncccc1-c1noc(C(Cc2ccc(C)c(C)c2)c2cccc(C)c2)n1. The molecule has 2 heterocycles. The molecule has 5 nitrogen and oxygen atoms in total. The Labute approximate surface area is 177 Å². The van der Waals surface area contributed by atoms with Crippen LogP contribution in [0.4, 0.5) is 5.82 Å². The molecule has 152 valence electrons. The molecule has 2 aromatic carbocycles. The second-order valence-corrected chi connectivity index (χ2v) is 7.70. The topological polar surface area (TPSA) is 63.8 Å². The highest BCUT2D eigenvalue weighted by Gasteiger charge is 2.23. The minimum Gasteiger partial charge on any atom is -0.373 e. The third-order valence-electron chi connectivity index (χ3n) is 5.48. The predicted molar refractivity (Wildman–Crippen MR) is 120 cm³/mol. The lowest BCUT2D eigenvalue weighted by Crippen LogP contribution is -2.06. The third-order valence-corrected chi connectivity index (χ3v) is 5.48. The van der Waals surface area contributed by atoms with E-state index in [4.69, 9.17) is 9.51 Å². The zero-order valence-electron chi connectivity index (χ0n) is 17.8. The van der Waals surface area contributed by atoms with Gasteiger partial charge in [-0.05, 0) is 61.6 Å². The van der Waals surface area contributed by atoms with Crippen LogP contribution in [0.2, 0.25) is 0 Å². The second kappa shape index (κ2) is 8.49. The summed E-state index contributed by atoms with van der Waals surface area (Å²) in [6, 6.07) is 18.9. The van der Waals surface area contributed by atoms with Gasteiger partial charge < -0.3 is 9.84 Å². The molecule has 1 unspecified atom stereocenters. The normalized spacial score (nSPS) is 12.0.